The molecular weight excluding hydrogens is 392 g/mol. The third-order valence-electron chi connectivity index (χ3n) is 6.06. The molecule has 0 unspecified atom stereocenters. The number of anilines is 2. The Kier molecular flexibility index (Phi) is 5.44. The van der Waals surface area contributed by atoms with Gasteiger partial charge in [-0.25, -0.2) is 0 Å². The average molecular weight is 418 g/mol. The minimum atomic E-state index is -0.601. The van der Waals surface area contributed by atoms with E-state index in [9.17, 15) is 9.59 Å². The van der Waals surface area contributed by atoms with Crippen LogP contribution >= 0.6 is 0 Å². The Bertz CT molecular complexity index is 1110. The summed E-state index contributed by atoms with van der Waals surface area (Å²) in [6, 6.07) is 15.5. The molecule has 1 saturated heterocycles. The molecule has 160 valence electrons. The fourth-order valence-corrected chi connectivity index (χ4v) is 4.53. The lowest BCUT2D eigenvalue weighted by Gasteiger charge is -2.28. The zero-order valence-corrected chi connectivity index (χ0v) is 17.4. The van der Waals surface area contributed by atoms with E-state index in [0.717, 1.165) is 74.6 Å². The molecule has 7 nitrogen and oxygen atoms in total. The second-order valence-electron chi connectivity index (χ2n) is 7.92. The highest BCUT2D eigenvalue weighted by Crippen LogP contribution is 2.28. The Morgan fingerprint density at radius 1 is 0.935 bits per heavy atom. The Morgan fingerprint density at radius 2 is 1.71 bits per heavy atom. The first-order chi connectivity index (χ1) is 15.2. The number of ether oxygens (including phenoxy) is 1. The van der Waals surface area contributed by atoms with Gasteiger partial charge in [0.05, 0.1) is 18.8 Å². The van der Waals surface area contributed by atoms with Gasteiger partial charge in [-0.15, -0.1) is 0 Å². The lowest BCUT2D eigenvalue weighted by Crippen LogP contribution is -2.36. The molecule has 1 fully saturated rings. The minimum Gasteiger partial charge on any atom is -0.378 e. The van der Waals surface area contributed by atoms with Crippen molar-refractivity contribution in [2.45, 2.75) is 13.0 Å². The molecule has 0 bridgehead atoms. The van der Waals surface area contributed by atoms with Gasteiger partial charge in [-0.2, -0.15) is 0 Å². The van der Waals surface area contributed by atoms with E-state index >= 15 is 0 Å². The predicted molar refractivity (Wildman–Crippen MR) is 121 cm³/mol. The van der Waals surface area contributed by atoms with Gasteiger partial charge in [0, 0.05) is 67.1 Å². The van der Waals surface area contributed by atoms with Gasteiger partial charge in [-0.1, -0.05) is 18.2 Å². The van der Waals surface area contributed by atoms with Gasteiger partial charge in [-0.05, 0) is 30.3 Å². The summed E-state index contributed by atoms with van der Waals surface area (Å²) in [7, 11) is 0. The maximum atomic E-state index is 13.3. The standard InChI is InChI=1S/C24H26N4O3/c29-23(22-19-3-1-2-4-20(19)28-12-11-25-10-9-21(22)28)24(30)26-17-5-7-18(8-6-17)27-13-15-31-16-14-27/h1-8,25H,9-16H2,(H,26,30). The summed E-state index contributed by atoms with van der Waals surface area (Å²) in [5.41, 5.74) is 4.18. The number of carbonyl (C=O) groups excluding carboxylic acids is 2. The van der Waals surface area contributed by atoms with Crippen LogP contribution in [-0.4, -0.2) is 55.7 Å². The van der Waals surface area contributed by atoms with E-state index in [1.807, 2.05) is 48.5 Å². The molecule has 0 radical (unpaired) electrons. The highest BCUT2D eigenvalue weighted by molar-refractivity contribution is 6.48. The van der Waals surface area contributed by atoms with Gasteiger partial charge in [0.1, 0.15) is 0 Å². The highest BCUT2D eigenvalue weighted by Gasteiger charge is 2.27. The van der Waals surface area contributed by atoms with Crippen molar-refractivity contribution < 1.29 is 14.3 Å². The van der Waals surface area contributed by atoms with E-state index in [1.165, 1.54) is 0 Å². The molecule has 2 aliphatic heterocycles. The topological polar surface area (TPSA) is 75.6 Å². The first-order valence-corrected chi connectivity index (χ1v) is 10.8. The Balaban J connectivity index is 1.39. The number of rotatable bonds is 4. The van der Waals surface area contributed by atoms with Crippen LogP contribution in [0.1, 0.15) is 16.1 Å². The number of hydrogen-bond donors (Lipinski definition) is 2. The number of ketones is 1. The van der Waals surface area contributed by atoms with Crippen molar-refractivity contribution in [1.29, 1.82) is 0 Å². The van der Waals surface area contributed by atoms with Crippen molar-refractivity contribution >= 4 is 34.0 Å². The lowest BCUT2D eigenvalue weighted by molar-refractivity contribution is -0.112. The van der Waals surface area contributed by atoms with Crippen LogP contribution < -0.4 is 15.5 Å². The molecule has 2 aliphatic rings. The molecule has 0 saturated carbocycles. The first-order valence-electron chi connectivity index (χ1n) is 10.8. The summed E-state index contributed by atoms with van der Waals surface area (Å²) < 4.78 is 7.57. The molecular formula is C24H26N4O3. The van der Waals surface area contributed by atoms with Crippen molar-refractivity contribution in [3.8, 4) is 0 Å². The normalized spacial score (nSPS) is 16.6. The number of morpholine rings is 1. The quantitative estimate of drug-likeness (QED) is 0.503. The maximum Gasteiger partial charge on any atom is 0.296 e. The van der Waals surface area contributed by atoms with Gasteiger partial charge in [-0.3, -0.25) is 9.59 Å². The molecule has 3 aromatic rings. The zero-order valence-electron chi connectivity index (χ0n) is 17.4. The Hall–Kier alpha value is -3.16. The molecule has 5 rings (SSSR count). The number of carbonyl (C=O) groups is 2. The van der Waals surface area contributed by atoms with Crippen molar-refractivity contribution in [3.63, 3.8) is 0 Å². The smallest absolute Gasteiger partial charge is 0.296 e. The van der Waals surface area contributed by atoms with Gasteiger partial charge < -0.3 is 24.8 Å². The van der Waals surface area contributed by atoms with Crippen LogP contribution in [0.4, 0.5) is 11.4 Å². The molecule has 1 amide bonds. The van der Waals surface area contributed by atoms with Crippen LogP contribution in [0.15, 0.2) is 48.5 Å². The molecule has 0 aliphatic carbocycles. The molecule has 0 atom stereocenters. The van der Waals surface area contributed by atoms with Crippen molar-refractivity contribution in [2.75, 3.05) is 49.6 Å². The van der Waals surface area contributed by atoms with E-state index < -0.39 is 11.7 Å². The van der Waals surface area contributed by atoms with Crippen LogP contribution in [0, 0.1) is 0 Å². The molecule has 2 N–H and O–H groups in total. The van der Waals surface area contributed by atoms with Gasteiger partial charge in [0.2, 0.25) is 0 Å². The number of aromatic nitrogens is 1. The SMILES string of the molecule is O=C(Nc1ccc(N2CCOCC2)cc1)C(=O)c1c2n(c3ccccc13)CCNCC2. The molecule has 0 spiro atoms. The number of para-hydroxylation sites is 1. The molecule has 1 aromatic heterocycles. The van der Waals surface area contributed by atoms with Crippen molar-refractivity contribution in [1.82, 2.24) is 9.88 Å². The van der Waals surface area contributed by atoms with Gasteiger partial charge in [0.15, 0.2) is 0 Å². The van der Waals surface area contributed by atoms with Crippen LogP contribution in [0.3, 0.4) is 0 Å². The maximum absolute atomic E-state index is 13.3. The summed E-state index contributed by atoms with van der Waals surface area (Å²) in [6.07, 6.45) is 0.720. The van der Waals surface area contributed by atoms with Crippen LogP contribution in [0.2, 0.25) is 0 Å². The number of benzene rings is 2. The monoisotopic (exact) mass is 418 g/mol. The Morgan fingerprint density at radius 3 is 2.52 bits per heavy atom. The van der Waals surface area contributed by atoms with Crippen LogP contribution in [-0.2, 0) is 22.5 Å². The number of fused-ring (bicyclic) bond motifs is 3. The third kappa shape index (κ3) is 3.82. The van der Waals surface area contributed by atoms with Crippen molar-refractivity contribution in [2.24, 2.45) is 0 Å². The van der Waals surface area contributed by atoms with Gasteiger partial charge >= 0.3 is 0 Å². The summed E-state index contributed by atoms with van der Waals surface area (Å²) in [6.45, 7) is 5.57. The predicted octanol–water partition coefficient (Wildman–Crippen LogP) is 2.45. The van der Waals surface area contributed by atoms with Crippen molar-refractivity contribution in [3.05, 3.63) is 59.8 Å². The van der Waals surface area contributed by atoms with Crippen LogP contribution in [0.5, 0.6) is 0 Å². The molecule has 3 heterocycles. The average Bonchev–Trinajstić information content (AvgIpc) is 2.95. The largest absolute Gasteiger partial charge is 0.378 e. The lowest BCUT2D eigenvalue weighted by atomic mass is 10.0. The van der Waals surface area contributed by atoms with Crippen LogP contribution in [0.25, 0.3) is 10.9 Å². The van der Waals surface area contributed by atoms with E-state index in [4.69, 9.17) is 4.74 Å². The van der Waals surface area contributed by atoms with Gasteiger partial charge in [0.25, 0.3) is 11.7 Å². The summed E-state index contributed by atoms with van der Waals surface area (Å²) in [4.78, 5) is 28.4. The summed E-state index contributed by atoms with van der Waals surface area (Å²) >= 11 is 0. The summed E-state index contributed by atoms with van der Waals surface area (Å²) in [5.74, 6) is -1.08. The van der Waals surface area contributed by atoms with E-state index in [1.54, 1.807) is 0 Å². The Labute approximate surface area is 181 Å². The summed E-state index contributed by atoms with van der Waals surface area (Å²) in [5, 5.41) is 7.01. The molecule has 2 aromatic carbocycles. The first kappa shape index (κ1) is 19.8. The fraction of sp³-hybridized carbons (Fsp3) is 0.333. The highest BCUT2D eigenvalue weighted by atomic mass is 16.5. The van der Waals surface area contributed by atoms with E-state index in [0.29, 0.717) is 11.3 Å². The number of hydrogen-bond acceptors (Lipinski definition) is 5. The third-order valence-corrected chi connectivity index (χ3v) is 6.06. The van der Waals surface area contributed by atoms with E-state index in [2.05, 4.69) is 20.1 Å². The second kappa shape index (κ2) is 8.53. The molecule has 31 heavy (non-hydrogen) atoms. The minimum absolute atomic E-state index is 0.482. The fourth-order valence-electron chi connectivity index (χ4n) is 4.53. The second-order valence-corrected chi connectivity index (χ2v) is 7.92. The number of Topliss-reactive ketones (excluding diaryl/α,β-unsaturated/α-hetero) is 1. The molecule has 7 heteroatoms. The number of nitrogens with zero attached hydrogens (tertiary/aromatic N) is 2. The van der Waals surface area contributed by atoms with E-state index in [-0.39, 0.29) is 0 Å². The number of amides is 1. The number of nitrogens with one attached hydrogen (secondary N) is 2. The zero-order chi connectivity index (χ0) is 21.2.